The van der Waals surface area contributed by atoms with Gasteiger partial charge in [0.2, 0.25) is 5.92 Å². The number of methoxy groups -OCH3 is 1. The van der Waals surface area contributed by atoms with Crippen LogP contribution in [0.5, 0.6) is 0 Å². The number of hydrogen-bond acceptors (Lipinski definition) is 3. The lowest BCUT2D eigenvalue weighted by molar-refractivity contribution is -0.163. The van der Waals surface area contributed by atoms with Gasteiger partial charge in [0, 0.05) is 32.5 Å². The zero-order valence-electron chi connectivity index (χ0n) is 12.7. The highest BCUT2D eigenvalue weighted by atomic mass is 19.3. The molecular formula is C17H21F2NO2. The molecule has 1 aromatic rings. The first-order chi connectivity index (χ1) is 10.5. The van der Waals surface area contributed by atoms with Crippen molar-refractivity contribution < 1.29 is 18.3 Å². The van der Waals surface area contributed by atoms with Crippen LogP contribution >= 0.6 is 0 Å². The molecule has 0 unspecified atom stereocenters. The van der Waals surface area contributed by atoms with Crippen molar-refractivity contribution in [3.05, 3.63) is 35.9 Å². The lowest BCUT2D eigenvalue weighted by Gasteiger charge is -2.39. The second-order valence-corrected chi connectivity index (χ2v) is 6.56. The Morgan fingerprint density at radius 1 is 1.32 bits per heavy atom. The monoisotopic (exact) mass is 309 g/mol. The molecule has 2 fully saturated rings. The van der Waals surface area contributed by atoms with Crippen LogP contribution in [0.4, 0.5) is 8.78 Å². The van der Waals surface area contributed by atoms with Crippen LogP contribution in [0.1, 0.15) is 24.8 Å². The van der Waals surface area contributed by atoms with Gasteiger partial charge in [-0.25, -0.2) is 8.78 Å². The van der Waals surface area contributed by atoms with E-state index in [1.165, 1.54) is 7.11 Å². The fourth-order valence-electron chi connectivity index (χ4n) is 3.99. The smallest absolute Gasteiger partial charge is 0.313 e. The van der Waals surface area contributed by atoms with Crippen molar-refractivity contribution in [2.75, 3.05) is 20.2 Å². The third-order valence-corrected chi connectivity index (χ3v) is 5.09. The molecule has 1 saturated heterocycles. The van der Waals surface area contributed by atoms with Gasteiger partial charge >= 0.3 is 5.97 Å². The standard InChI is InChI=1S/C17H21F2NO2/c1-22-15(21)16-7-8-17(18,19)9-14(16)11-20(12-16)10-13-5-3-2-4-6-13/h2-6,14H,7-12H2,1H3/t14-,16-/m0/s1. The summed E-state index contributed by atoms with van der Waals surface area (Å²) in [6.45, 7) is 1.72. The van der Waals surface area contributed by atoms with Crippen molar-refractivity contribution in [3.8, 4) is 0 Å². The van der Waals surface area contributed by atoms with Crippen LogP contribution in [0.25, 0.3) is 0 Å². The summed E-state index contributed by atoms with van der Waals surface area (Å²) in [4.78, 5) is 14.4. The van der Waals surface area contributed by atoms with Crippen LogP contribution < -0.4 is 0 Å². The highest BCUT2D eigenvalue weighted by Gasteiger charge is 2.59. The summed E-state index contributed by atoms with van der Waals surface area (Å²) in [6, 6.07) is 9.90. The summed E-state index contributed by atoms with van der Waals surface area (Å²) in [5.74, 6) is -3.32. The van der Waals surface area contributed by atoms with Gasteiger partial charge in [-0.1, -0.05) is 30.3 Å². The van der Waals surface area contributed by atoms with Gasteiger partial charge in [0.25, 0.3) is 0 Å². The predicted octanol–water partition coefficient (Wildman–Crippen LogP) is 3.10. The van der Waals surface area contributed by atoms with Gasteiger partial charge < -0.3 is 4.74 Å². The maximum absolute atomic E-state index is 13.8. The minimum absolute atomic E-state index is 0.211. The molecule has 0 radical (unpaired) electrons. The number of benzene rings is 1. The molecule has 3 rings (SSSR count). The van der Waals surface area contributed by atoms with Gasteiger partial charge in [0.1, 0.15) is 0 Å². The number of carbonyl (C=O) groups is 1. The van der Waals surface area contributed by atoms with E-state index in [4.69, 9.17) is 4.74 Å². The number of esters is 1. The fourth-order valence-corrected chi connectivity index (χ4v) is 3.99. The quantitative estimate of drug-likeness (QED) is 0.804. The summed E-state index contributed by atoms with van der Waals surface area (Å²) >= 11 is 0. The van der Waals surface area contributed by atoms with Gasteiger partial charge in [-0.2, -0.15) is 0 Å². The highest BCUT2D eigenvalue weighted by Crippen LogP contribution is 2.52. The van der Waals surface area contributed by atoms with Crippen molar-refractivity contribution in [1.82, 2.24) is 4.90 Å². The van der Waals surface area contributed by atoms with E-state index in [1.54, 1.807) is 0 Å². The van der Waals surface area contributed by atoms with Crippen LogP contribution in [0.2, 0.25) is 0 Å². The largest absolute Gasteiger partial charge is 0.469 e. The van der Waals surface area contributed by atoms with Crippen LogP contribution in [-0.4, -0.2) is 37.0 Å². The van der Waals surface area contributed by atoms with E-state index in [0.717, 1.165) is 5.56 Å². The molecule has 5 heteroatoms. The Morgan fingerprint density at radius 2 is 2.05 bits per heavy atom. The lowest BCUT2D eigenvalue weighted by Crippen LogP contribution is -2.46. The Kier molecular flexibility index (Phi) is 3.93. The molecule has 0 amide bonds. The van der Waals surface area contributed by atoms with Crippen molar-refractivity contribution in [2.24, 2.45) is 11.3 Å². The van der Waals surface area contributed by atoms with Crippen LogP contribution in [-0.2, 0) is 16.1 Å². The maximum Gasteiger partial charge on any atom is 0.313 e. The molecule has 1 aromatic carbocycles. The van der Waals surface area contributed by atoms with Gasteiger partial charge in [-0.3, -0.25) is 9.69 Å². The number of likely N-dealkylation sites (tertiary alicyclic amines) is 1. The first kappa shape index (κ1) is 15.4. The molecule has 3 nitrogen and oxygen atoms in total. The molecule has 120 valence electrons. The SMILES string of the molecule is COC(=O)[C@]12CCC(F)(F)C[C@H]1CN(Cc1ccccc1)C2. The van der Waals surface area contributed by atoms with E-state index in [2.05, 4.69) is 4.90 Å². The third-order valence-electron chi connectivity index (χ3n) is 5.09. The Hall–Kier alpha value is -1.49. The topological polar surface area (TPSA) is 29.5 Å². The fraction of sp³-hybridized carbons (Fsp3) is 0.588. The first-order valence-corrected chi connectivity index (χ1v) is 7.68. The lowest BCUT2D eigenvalue weighted by atomic mass is 9.67. The zero-order chi connectivity index (χ0) is 15.8. The van der Waals surface area contributed by atoms with Gasteiger partial charge in [0.05, 0.1) is 12.5 Å². The molecular weight excluding hydrogens is 288 g/mol. The number of fused-ring (bicyclic) bond motifs is 1. The second-order valence-electron chi connectivity index (χ2n) is 6.56. The molecule has 0 N–H and O–H groups in total. The third kappa shape index (κ3) is 2.74. The van der Waals surface area contributed by atoms with Crippen molar-refractivity contribution in [1.29, 1.82) is 0 Å². The number of alkyl halides is 2. The molecule has 2 atom stereocenters. The molecule has 22 heavy (non-hydrogen) atoms. The first-order valence-electron chi connectivity index (χ1n) is 7.68. The van der Waals surface area contributed by atoms with Crippen LogP contribution in [0.3, 0.4) is 0 Å². The van der Waals surface area contributed by atoms with E-state index in [0.29, 0.717) is 19.6 Å². The molecule has 1 aliphatic heterocycles. The Bertz CT molecular complexity index is 549. The number of rotatable bonds is 3. The van der Waals surface area contributed by atoms with Crippen LogP contribution in [0.15, 0.2) is 30.3 Å². The van der Waals surface area contributed by atoms with Gasteiger partial charge in [-0.15, -0.1) is 0 Å². The van der Waals surface area contributed by atoms with E-state index in [9.17, 15) is 13.6 Å². The van der Waals surface area contributed by atoms with Crippen LogP contribution in [0, 0.1) is 11.3 Å². The minimum atomic E-state index is -2.66. The zero-order valence-corrected chi connectivity index (χ0v) is 12.7. The Balaban J connectivity index is 1.80. The summed E-state index contributed by atoms with van der Waals surface area (Å²) in [7, 11) is 1.35. The van der Waals surface area contributed by atoms with Crippen molar-refractivity contribution >= 4 is 5.97 Å². The van der Waals surface area contributed by atoms with Gasteiger partial charge in [-0.05, 0) is 17.9 Å². The average Bonchev–Trinajstić information content (AvgIpc) is 2.84. The van der Waals surface area contributed by atoms with E-state index in [1.807, 2.05) is 30.3 Å². The predicted molar refractivity (Wildman–Crippen MR) is 78.5 cm³/mol. The second kappa shape index (κ2) is 5.61. The minimum Gasteiger partial charge on any atom is -0.469 e. The normalized spacial score (nSPS) is 30.8. The van der Waals surface area contributed by atoms with E-state index in [-0.39, 0.29) is 31.1 Å². The number of hydrogen-bond donors (Lipinski definition) is 0. The summed E-state index contributed by atoms with van der Waals surface area (Å²) in [6.07, 6.45) is -0.228. The molecule has 0 bridgehead atoms. The van der Waals surface area contributed by atoms with E-state index >= 15 is 0 Å². The van der Waals surface area contributed by atoms with Crippen molar-refractivity contribution in [2.45, 2.75) is 31.7 Å². The molecule has 2 aliphatic rings. The number of nitrogens with zero attached hydrogens (tertiary/aromatic N) is 1. The summed E-state index contributed by atoms with van der Waals surface area (Å²) < 4.78 is 32.5. The number of ether oxygens (including phenoxy) is 1. The highest BCUT2D eigenvalue weighted by molar-refractivity contribution is 5.78. The van der Waals surface area contributed by atoms with E-state index < -0.39 is 11.3 Å². The number of halogens is 2. The Morgan fingerprint density at radius 3 is 2.73 bits per heavy atom. The maximum atomic E-state index is 13.8. The molecule has 1 aliphatic carbocycles. The molecule has 0 aromatic heterocycles. The molecule has 1 heterocycles. The molecule has 1 saturated carbocycles. The van der Waals surface area contributed by atoms with Gasteiger partial charge in [0.15, 0.2) is 0 Å². The molecule has 0 spiro atoms. The Labute approximate surface area is 129 Å². The summed E-state index contributed by atoms with van der Waals surface area (Å²) in [5.41, 5.74) is 0.374. The van der Waals surface area contributed by atoms with Crippen molar-refractivity contribution in [3.63, 3.8) is 0 Å². The number of carbonyl (C=O) groups excluding carboxylic acids is 1. The average molecular weight is 309 g/mol. The summed E-state index contributed by atoms with van der Waals surface area (Å²) in [5, 5.41) is 0.